The number of nitrogens with one attached hydrogen (secondary N) is 1. The van der Waals surface area contributed by atoms with Crippen molar-refractivity contribution in [2.45, 2.75) is 25.8 Å². The minimum absolute atomic E-state index is 0.106. The molecule has 4 heteroatoms. The molecule has 0 amide bonds. The fourth-order valence-electron chi connectivity index (χ4n) is 2.19. The van der Waals surface area contributed by atoms with Crippen molar-refractivity contribution in [2.75, 3.05) is 11.9 Å². The molecule has 112 valence electrons. The van der Waals surface area contributed by atoms with Gasteiger partial charge in [-0.2, -0.15) is 0 Å². The Labute approximate surface area is 130 Å². The average molecular weight is 307 g/mol. The molecule has 0 heterocycles. The fourth-order valence-corrected chi connectivity index (χ4v) is 2.36. The molecule has 0 saturated heterocycles. The van der Waals surface area contributed by atoms with Gasteiger partial charge in [0.2, 0.25) is 0 Å². The molecule has 1 atom stereocenters. The van der Waals surface area contributed by atoms with Crippen LogP contribution >= 0.6 is 11.6 Å². The molecule has 2 aromatic carbocycles. The van der Waals surface area contributed by atoms with Gasteiger partial charge in [0, 0.05) is 6.54 Å². The summed E-state index contributed by atoms with van der Waals surface area (Å²) in [5.74, 6) is 0.161. The lowest BCUT2D eigenvalue weighted by atomic mass is 9.99. The lowest BCUT2D eigenvalue weighted by Gasteiger charge is -2.20. The standard InChI is InChI=1S/C17H20ClFN2/c1-11(2)12-3-5-13(6-4-12)17(10-20)21-16-9-14(19)7-8-15(16)18/h3-9,11,17,21H,10,20H2,1-2H3. The molecule has 0 spiro atoms. The van der Waals surface area contributed by atoms with Crippen LogP contribution in [0.25, 0.3) is 0 Å². The minimum atomic E-state index is -0.326. The third-order valence-electron chi connectivity index (χ3n) is 3.50. The van der Waals surface area contributed by atoms with Gasteiger partial charge in [0.05, 0.1) is 16.8 Å². The van der Waals surface area contributed by atoms with Gasteiger partial charge in [0.15, 0.2) is 0 Å². The second-order valence-electron chi connectivity index (χ2n) is 5.38. The van der Waals surface area contributed by atoms with Crippen LogP contribution < -0.4 is 11.1 Å². The summed E-state index contributed by atoms with van der Waals surface area (Å²) in [4.78, 5) is 0. The second-order valence-corrected chi connectivity index (χ2v) is 5.79. The van der Waals surface area contributed by atoms with E-state index in [0.29, 0.717) is 23.2 Å². The van der Waals surface area contributed by atoms with Gasteiger partial charge in [-0.05, 0) is 35.2 Å². The highest BCUT2D eigenvalue weighted by molar-refractivity contribution is 6.33. The summed E-state index contributed by atoms with van der Waals surface area (Å²) in [5, 5.41) is 3.69. The number of hydrogen-bond donors (Lipinski definition) is 2. The van der Waals surface area contributed by atoms with E-state index in [4.69, 9.17) is 17.3 Å². The first-order chi connectivity index (χ1) is 10.0. The first-order valence-electron chi connectivity index (χ1n) is 7.02. The number of anilines is 1. The van der Waals surface area contributed by atoms with Gasteiger partial charge in [-0.3, -0.25) is 0 Å². The van der Waals surface area contributed by atoms with E-state index in [1.807, 2.05) is 12.1 Å². The summed E-state index contributed by atoms with van der Waals surface area (Å²) in [6, 6.07) is 12.4. The van der Waals surface area contributed by atoms with E-state index in [2.05, 4.69) is 31.3 Å². The number of nitrogens with two attached hydrogens (primary N) is 1. The summed E-state index contributed by atoms with van der Waals surface area (Å²) in [6.07, 6.45) is 0. The fraction of sp³-hybridized carbons (Fsp3) is 0.294. The highest BCUT2D eigenvalue weighted by Gasteiger charge is 2.12. The molecule has 1 unspecified atom stereocenters. The summed E-state index contributed by atoms with van der Waals surface area (Å²) in [5.41, 5.74) is 8.73. The monoisotopic (exact) mass is 306 g/mol. The van der Waals surface area contributed by atoms with Crippen molar-refractivity contribution < 1.29 is 4.39 Å². The zero-order valence-corrected chi connectivity index (χ0v) is 13.0. The lowest BCUT2D eigenvalue weighted by molar-refractivity contribution is 0.627. The van der Waals surface area contributed by atoms with Crippen LogP contribution in [0, 0.1) is 5.82 Å². The molecule has 0 saturated carbocycles. The maximum atomic E-state index is 13.3. The molecule has 2 aromatic rings. The van der Waals surface area contributed by atoms with Crippen LogP contribution in [0.3, 0.4) is 0 Å². The molecular weight excluding hydrogens is 287 g/mol. The van der Waals surface area contributed by atoms with Crippen LogP contribution in [0.15, 0.2) is 42.5 Å². The highest BCUT2D eigenvalue weighted by atomic mass is 35.5. The van der Waals surface area contributed by atoms with E-state index >= 15 is 0 Å². The quantitative estimate of drug-likeness (QED) is 0.839. The van der Waals surface area contributed by atoms with E-state index < -0.39 is 0 Å². The average Bonchev–Trinajstić information content (AvgIpc) is 2.48. The molecule has 3 N–H and O–H groups in total. The van der Waals surface area contributed by atoms with Crippen molar-refractivity contribution in [3.05, 3.63) is 64.4 Å². The number of halogens is 2. The summed E-state index contributed by atoms with van der Waals surface area (Å²) in [7, 11) is 0. The molecule has 2 nitrogen and oxygen atoms in total. The highest BCUT2D eigenvalue weighted by Crippen LogP contribution is 2.27. The smallest absolute Gasteiger partial charge is 0.125 e. The van der Waals surface area contributed by atoms with Gasteiger partial charge in [0.25, 0.3) is 0 Å². The third kappa shape index (κ3) is 3.96. The minimum Gasteiger partial charge on any atom is -0.376 e. The number of rotatable bonds is 5. The van der Waals surface area contributed by atoms with Gasteiger partial charge in [-0.15, -0.1) is 0 Å². The SMILES string of the molecule is CC(C)c1ccc(C(CN)Nc2cc(F)ccc2Cl)cc1. The van der Waals surface area contributed by atoms with Gasteiger partial charge >= 0.3 is 0 Å². The van der Waals surface area contributed by atoms with Crippen molar-refractivity contribution in [1.29, 1.82) is 0 Å². The molecule has 21 heavy (non-hydrogen) atoms. The summed E-state index contributed by atoms with van der Waals surface area (Å²) in [6.45, 7) is 4.70. The Morgan fingerprint density at radius 2 is 1.71 bits per heavy atom. The molecule has 0 bridgehead atoms. The van der Waals surface area contributed by atoms with Crippen molar-refractivity contribution in [3.8, 4) is 0 Å². The molecule has 0 radical (unpaired) electrons. The number of benzene rings is 2. The van der Waals surface area contributed by atoms with Crippen LogP contribution in [0.4, 0.5) is 10.1 Å². The predicted octanol–water partition coefficient (Wildman–Crippen LogP) is 4.71. The summed E-state index contributed by atoms with van der Waals surface area (Å²) < 4.78 is 13.3. The van der Waals surface area contributed by atoms with Gasteiger partial charge in [-0.1, -0.05) is 49.7 Å². The van der Waals surface area contributed by atoms with Crippen molar-refractivity contribution in [1.82, 2.24) is 0 Å². The Morgan fingerprint density at radius 3 is 2.29 bits per heavy atom. The Hall–Kier alpha value is -1.58. The van der Waals surface area contributed by atoms with Crippen molar-refractivity contribution in [2.24, 2.45) is 5.73 Å². The molecule has 2 rings (SSSR count). The van der Waals surface area contributed by atoms with E-state index in [1.54, 1.807) is 0 Å². The second kappa shape index (κ2) is 6.92. The zero-order chi connectivity index (χ0) is 15.4. The van der Waals surface area contributed by atoms with Crippen molar-refractivity contribution >= 4 is 17.3 Å². The van der Waals surface area contributed by atoms with Crippen molar-refractivity contribution in [3.63, 3.8) is 0 Å². The topological polar surface area (TPSA) is 38.0 Å². The largest absolute Gasteiger partial charge is 0.376 e. The first-order valence-corrected chi connectivity index (χ1v) is 7.40. The van der Waals surface area contributed by atoms with Crippen LogP contribution in [0.1, 0.15) is 36.9 Å². The molecule has 0 aliphatic heterocycles. The maximum absolute atomic E-state index is 13.3. The Kier molecular flexibility index (Phi) is 5.21. The first kappa shape index (κ1) is 15.8. The predicted molar refractivity (Wildman–Crippen MR) is 87.4 cm³/mol. The van der Waals surface area contributed by atoms with E-state index in [1.165, 1.54) is 23.8 Å². The zero-order valence-electron chi connectivity index (χ0n) is 12.2. The normalized spacial score (nSPS) is 12.5. The summed E-state index contributed by atoms with van der Waals surface area (Å²) >= 11 is 6.08. The van der Waals surface area contributed by atoms with Crippen LogP contribution in [0.5, 0.6) is 0 Å². The Bertz CT molecular complexity index is 596. The van der Waals surface area contributed by atoms with E-state index in [0.717, 1.165) is 5.56 Å². The maximum Gasteiger partial charge on any atom is 0.125 e. The van der Waals surface area contributed by atoms with Crippen LogP contribution in [0.2, 0.25) is 5.02 Å². The molecule has 0 aromatic heterocycles. The van der Waals surface area contributed by atoms with Crippen LogP contribution in [-0.4, -0.2) is 6.54 Å². The molecule has 0 aliphatic carbocycles. The molecule has 0 aliphatic rings. The van der Waals surface area contributed by atoms with Gasteiger partial charge in [0.1, 0.15) is 5.82 Å². The van der Waals surface area contributed by atoms with Gasteiger partial charge < -0.3 is 11.1 Å². The number of hydrogen-bond acceptors (Lipinski definition) is 2. The van der Waals surface area contributed by atoms with Crippen LogP contribution in [-0.2, 0) is 0 Å². The third-order valence-corrected chi connectivity index (χ3v) is 3.83. The van der Waals surface area contributed by atoms with Gasteiger partial charge in [-0.25, -0.2) is 4.39 Å². The lowest BCUT2D eigenvalue weighted by Crippen LogP contribution is -2.20. The van der Waals surface area contributed by atoms with E-state index in [9.17, 15) is 4.39 Å². The Balaban J connectivity index is 2.21. The Morgan fingerprint density at radius 1 is 1.10 bits per heavy atom. The molecule has 0 fully saturated rings. The van der Waals surface area contributed by atoms with E-state index in [-0.39, 0.29) is 11.9 Å². The molecular formula is C17H20ClFN2.